The van der Waals surface area contributed by atoms with E-state index in [4.69, 9.17) is 5.26 Å². The highest BCUT2D eigenvalue weighted by atomic mass is 16.6. The number of nitro benzene ring substituents is 1. The number of non-ortho nitro benzene ring substituents is 1. The molecule has 0 unspecified atom stereocenters. The van der Waals surface area contributed by atoms with Crippen LogP contribution in [0.2, 0.25) is 0 Å². The summed E-state index contributed by atoms with van der Waals surface area (Å²) in [6.07, 6.45) is 0.262. The first-order valence-electron chi connectivity index (χ1n) is 5.07. The normalized spacial score (nSPS) is 9.33. The third-order valence-electron chi connectivity index (χ3n) is 2.17. The average molecular weight is 249 g/mol. The fourth-order valence-corrected chi connectivity index (χ4v) is 1.33. The Kier molecular flexibility index (Phi) is 4.63. The summed E-state index contributed by atoms with van der Waals surface area (Å²) in [5.41, 5.74) is 0.286. The minimum Gasteiger partial charge on any atom is -0.465 e. The molecule has 0 radical (unpaired) electrons. The minimum atomic E-state index is -0.668. The van der Waals surface area contributed by atoms with Gasteiger partial charge in [0.15, 0.2) is 0 Å². The molecule has 7 nitrogen and oxygen atoms in total. The predicted molar refractivity (Wildman–Crippen MR) is 63.2 cm³/mol. The third-order valence-corrected chi connectivity index (χ3v) is 2.17. The van der Waals surface area contributed by atoms with E-state index in [9.17, 15) is 14.9 Å². The summed E-state index contributed by atoms with van der Waals surface area (Å²) in [4.78, 5) is 21.5. The lowest BCUT2D eigenvalue weighted by atomic mass is 10.1. The van der Waals surface area contributed by atoms with Crippen molar-refractivity contribution in [2.75, 3.05) is 19.0 Å². The molecule has 0 aliphatic carbocycles. The Hall–Kier alpha value is -2.62. The zero-order valence-corrected chi connectivity index (χ0v) is 9.67. The molecule has 7 heteroatoms. The lowest BCUT2D eigenvalue weighted by molar-refractivity contribution is -0.384. The zero-order chi connectivity index (χ0) is 13.5. The number of hydrogen-bond acceptors (Lipinski definition) is 6. The van der Waals surface area contributed by atoms with Crippen molar-refractivity contribution in [3.8, 4) is 6.07 Å². The van der Waals surface area contributed by atoms with E-state index in [1.165, 1.54) is 19.2 Å². The van der Waals surface area contributed by atoms with Crippen LogP contribution in [0, 0.1) is 21.4 Å². The van der Waals surface area contributed by atoms with E-state index in [-0.39, 0.29) is 17.7 Å². The van der Waals surface area contributed by atoms with E-state index in [1.807, 2.05) is 6.07 Å². The number of carbonyl (C=O) groups excluding carboxylic acids is 1. The number of esters is 1. The highest BCUT2D eigenvalue weighted by Gasteiger charge is 2.16. The monoisotopic (exact) mass is 249 g/mol. The quantitative estimate of drug-likeness (QED) is 0.368. The Labute approximate surface area is 103 Å². The van der Waals surface area contributed by atoms with E-state index in [1.54, 1.807) is 0 Å². The molecule has 0 fully saturated rings. The van der Waals surface area contributed by atoms with Crippen molar-refractivity contribution < 1.29 is 14.5 Å². The van der Waals surface area contributed by atoms with Crippen LogP contribution < -0.4 is 5.32 Å². The van der Waals surface area contributed by atoms with Crippen LogP contribution in [-0.4, -0.2) is 24.5 Å². The second-order valence-corrected chi connectivity index (χ2v) is 3.31. The van der Waals surface area contributed by atoms with E-state index < -0.39 is 10.9 Å². The molecule has 0 heterocycles. The summed E-state index contributed by atoms with van der Waals surface area (Å²) in [6, 6.07) is 5.78. The Balaban J connectivity index is 3.05. The molecule has 1 aromatic carbocycles. The van der Waals surface area contributed by atoms with Gasteiger partial charge in [0.1, 0.15) is 0 Å². The van der Waals surface area contributed by atoms with Crippen LogP contribution in [0.5, 0.6) is 0 Å². The second kappa shape index (κ2) is 6.20. The van der Waals surface area contributed by atoms with Crippen molar-refractivity contribution in [2.45, 2.75) is 6.42 Å². The predicted octanol–water partition coefficient (Wildman–Crippen LogP) is 1.71. The molecular weight excluding hydrogens is 238 g/mol. The van der Waals surface area contributed by atoms with E-state index in [0.29, 0.717) is 12.2 Å². The van der Waals surface area contributed by atoms with Crippen molar-refractivity contribution in [3.63, 3.8) is 0 Å². The third kappa shape index (κ3) is 3.18. The number of nitrogens with one attached hydrogen (secondary N) is 1. The van der Waals surface area contributed by atoms with Gasteiger partial charge in [-0.05, 0) is 6.07 Å². The van der Waals surface area contributed by atoms with Gasteiger partial charge in [0.05, 0.1) is 30.1 Å². The number of hydrogen-bond donors (Lipinski definition) is 1. The maximum absolute atomic E-state index is 11.5. The summed E-state index contributed by atoms with van der Waals surface area (Å²) in [6.45, 7) is 0.346. The van der Waals surface area contributed by atoms with Gasteiger partial charge in [-0.1, -0.05) is 0 Å². The molecule has 1 rings (SSSR count). The molecule has 0 atom stereocenters. The molecule has 0 spiro atoms. The van der Waals surface area contributed by atoms with Crippen LogP contribution in [0.1, 0.15) is 16.8 Å². The Bertz CT molecular complexity index is 508. The Morgan fingerprint density at radius 1 is 1.61 bits per heavy atom. The van der Waals surface area contributed by atoms with E-state index in [2.05, 4.69) is 10.1 Å². The fourth-order valence-electron chi connectivity index (χ4n) is 1.33. The van der Waals surface area contributed by atoms with Crippen LogP contribution in [0.3, 0.4) is 0 Å². The maximum Gasteiger partial charge on any atom is 0.340 e. The van der Waals surface area contributed by atoms with Crippen molar-refractivity contribution >= 4 is 17.3 Å². The maximum atomic E-state index is 11.5. The first-order valence-corrected chi connectivity index (χ1v) is 5.07. The first-order chi connectivity index (χ1) is 8.60. The van der Waals surface area contributed by atoms with Crippen molar-refractivity contribution in [1.29, 1.82) is 5.26 Å². The first kappa shape index (κ1) is 13.4. The van der Waals surface area contributed by atoms with Crippen molar-refractivity contribution in [3.05, 3.63) is 33.9 Å². The number of methoxy groups -OCH3 is 1. The van der Waals surface area contributed by atoms with Crippen molar-refractivity contribution in [2.24, 2.45) is 0 Å². The van der Waals surface area contributed by atoms with Gasteiger partial charge >= 0.3 is 5.97 Å². The largest absolute Gasteiger partial charge is 0.465 e. The highest BCUT2D eigenvalue weighted by Crippen LogP contribution is 2.22. The van der Waals surface area contributed by atoms with Gasteiger partial charge in [-0.2, -0.15) is 5.26 Å². The molecule has 1 aromatic rings. The molecule has 18 heavy (non-hydrogen) atoms. The van der Waals surface area contributed by atoms with E-state index in [0.717, 1.165) is 6.07 Å². The standard InChI is InChI=1S/C11H11N3O4/c1-18-11(15)9-7-8(14(16)17)3-4-10(9)13-6-2-5-12/h3-4,7,13H,2,6H2,1H3. The SMILES string of the molecule is COC(=O)c1cc([N+](=O)[O-])ccc1NCCC#N. The lowest BCUT2D eigenvalue weighted by Gasteiger charge is -2.09. The molecule has 0 saturated carbocycles. The van der Waals surface area contributed by atoms with Crippen LogP contribution >= 0.6 is 0 Å². The Morgan fingerprint density at radius 2 is 2.33 bits per heavy atom. The number of nitrogens with zero attached hydrogens (tertiary/aromatic N) is 2. The second-order valence-electron chi connectivity index (χ2n) is 3.31. The summed E-state index contributed by atoms with van der Waals surface area (Å²) in [5, 5.41) is 21.9. The highest BCUT2D eigenvalue weighted by molar-refractivity contribution is 5.96. The van der Waals surface area contributed by atoms with Gasteiger partial charge < -0.3 is 10.1 Å². The molecule has 0 aromatic heterocycles. The molecule has 0 aliphatic heterocycles. The molecule has 0 aliphatic rings. The van der Waals surface area contributed by atoms with Gasteiger partial charge in [-0.3, -0.25) is 10.1 Å². The number of ether oxygens (including phenoxy) is 1. The fraction of sp³-hybridized carbons (Fsp3) is 0.273. The molecule has 0 amide bonds. The molecule has 1 N–H and O–H groups in total. The molecule has 0 saturated heterocycles. The average Bonchev–Trinajstić information content (AvgIpc) is 2.38. The summed E-state index contributed by atoms with van der Waals surface area (Å²) < 4.78 is 4.55. The van der Waals surface area contributed by atoms with Crippen LogP contribution in [0.25, 0.3) is 0 Å². The Morgan fingerprint density at radius 3 is 2.89 bits per heavy atom. The molecular formula is C11H11N3O4. The number of nitro groups is 1. The van der Waals surface area contributed by atoms with Crippen molar-refractivity contribution in [1.82, 2.24) is 0 Å². The summed E-state index contributed by atoms with van der Waals surface area (Å²) >= 11 is 0. The molecule has 0 bridgehead atoms. The van der Waals surface area contributed by atoms with Crippen LogP contribution in [0.4, 0.5) is 11.4 Å². The van der Waals surface area contributed by atoms with Gasteiger partial charge in [-0.15, -0.1) is 0 Å². The van der Waals surface area contributed by atoms with Gasteiger partial charge in [0.25, 0.3) is 5.69 Å². The van der Waals surface area contributed by atoms with Gasteiger partial charge in [0, 0.05) is 24.4 Å². The van der Waals surface area contributed by atoms with Crippen LogP contribution in [0.15, 0.2) is 18.2 Å². The van der Waals surface area contributed by atoms with E-state index >= 15 is 0 Å². The van der Waals surface area contributed by atoms with Crippen LogP contribution in [-0.2, 0) is 4.74 Å². The number of carbonyl (C=O) groups is 1. The number of benzene rings is 1. The molecule has 94 valence electrons. The van der Waals surface area contributed by atoms with Gasteiger partial charge in [-0.25, -0.2) is 4.79 Å². The number of rotatable bonds is 5. The summed E-state index contributed by atoms with van der Waals surface area (Å²) in [5.74, 6) is -0.668. The zero-order valence-electron chi connectivity index (χ0n) is 9.67. The topological polar surface area (TPSA) is 105 Å². The number of nitriles is 1. The minimum absolute atomic E-state index is 0.0737. The van der Waals surface area contributed by atoms with Gasteiger partial charge in [0.2, 0.25) is 0 Å². The smallest absolute Gasteiger partial charge is 0.340 e. The lowest BCUT2D eigenvalue weighted by Crippen LogP contribution is -2.09. The summed E-state index contributed by atoms with van der Waals surface area (Å²) in [7, 11) is 1.19. The number of anilines is 1.